The largest absolute Gasteiger partial charge is 0.508 e. The van der Waals surface area contributed by atoms with Gasteiger partial charge in [-0.15, -0.1) is 20.4 Å². The number of aryl methyl sites for hydroxylation is 2. The molecule has 4 aromatic heterocycles. The average molecular weight is 547 g/mol. The third-order valence-electron chi connectivity index (χ3n) is 6.39. The van der Waals surface area contributed by atoms with Crippen molar-refractivity contribution in [3.8, 4) is 32.6 Å². The van der Waals surface area contributed by atoms with Gasteiger partial charge in [0.05, 0.1) is 0 Å². The Morgan fingerprint density at radius 1 is 0.526 bits per heavy atom. The molecule has 0 saturated carbocycles. The Labute approximate surface area is 226 Å². The molecule has 0 spiro atoms. The van der Waals surface area contributed by atoms with Crippen LogP contribution in [0.3, 0.4) is 0 Å². The highest BCUT2D eigenvalue weighted by molar-refractivity contribution is 7.20. The van der Waals surface area contributed by atoms with Crippen LogP contribution in [0.5, 0.6) is 11.5 Å². The zero-order chi connectivity index (χ0) is 25.9. The van der Waals surface area contributed by atoms with Crippen LogP contribution in [0.2, 0.25) is 0 Å². The highest BCUT2D eigenvalue weighted by atomic mass is 32.1. The Balaban J connectivity index is 0.936. The van der Waals surface area contributed by atoms with E-state index in [9.17, 15) is 10.2 Å². The third-order valence-corrected chi connectivity index (χ3v) is 8.29. The molecule has 0 radical (unpaired) electrons. The fourth-order valence-electron chi connectivity index (χ4n) is 4.34. The zero-order valence-corrected chi connectivity index (χ0v) is 22.2. The molecule has 0 unspecified atom stereocenters. The van der Waals surface area contributed by atoms with E-state index in [1.54, 1.807) is 24.3 Å². The molecule has 194 valence electrons. The molecule has 0 fully saturated rings. The van der Waals surface area contributed by atoms with E-state index in [1.807, 2.05) is 33.3 Å². The summed E-state index contributed by atoms with van der Waals surface area (Å²) in [5.41, 5.74) is 1.92. The number of rotatable bonds is 11. The SMILES string of the molecule is Oc1ccc(-c2nn3c(CCCCCCCCc4nnc5sc(-c6ccc(O)cc6)nn45)nnc3s2)cc1. The normalized spacial score (nSPS) is 11.7. The molecule has 2 aromatic carbocycles. The molecule has 6 rings (SSSR count). The molecule has 10 nitrogen and oxygen atoms in total. The summed E-state index contributed by atoms with van der Waals surface area (Å²) in [7, 11) is 0. The van der Waals surface area contributed by atoms with E-state index < -0.39 is 0 Å². The lowest BCUT2D eigenvalue weighted by Crippen LogP contribution is -1.97. The van der Waals surface area contributed by atoms with Gasteiger partial charge in [0.25, 0.3) is 0 Å². The molecule has 0 saturated heterocycles. The summed E-state index contributed by atoms with van der Waals surface area (Å²) in [6.07, 6.45) is 8.44. The maximum Gasteiger partial charge on any atom is 0.234 e. The molecule has 12 heteroatoms. The quantitative estimate of drug-likeness (QED) is 0.202. The third kappa shape index (κ3) is 5.22. The van der Waals surface area contributed by atoms with E-state index in [0.717, 1.165) is 81.2 Å². The summed E-state index contributed by atoms with van der Waals surface area (Å²) in [4.78, 5) is 1.59. The summed E-state index contributed by atoms with van der Waals surface area (Å²) in [5, 5.41) is 47.3. The first-order valence-corrected chi connectivity index (χ1v) is 14.3. The van der Waals surface area contributed by atoms with Crippen molar-refractivity contribution in [2.24, 2.45) is 0 Å². The van der Waals surface area contributed by atoms with Gasteiger partial charge in [0.15, 0.2) is 11.6 Å². The summed E-state index contributed by atoms with van der Waals surface area (Å²) < 4.78 is 3.69. The van der Waals surface area contributed by atoms with Crippen LogP contribution in [0.25, 0.3) is 31.1 Å². The lowest BCUT2D eigenvalue weighted by Gasteiger charge is -2.01. The van der Waals surface area contributed by atoms with Crippen molar-refractivity contribution in [3.05, 3.63) is 60.2 Å². The molecule has 6 aromatic rings. The van der Waals surface area contributed by atoms with E-state index in [-0.39, 0.29) is 11.5 Å². The predicted octanol–water partition coefficient (Wildman–Crippen LogP) is 5.56. The first kappa shape index (κ1) is 24.4. The van der Waals surface area contributed by atoms with Gasteiger partial charge in [0.2, 0.25) is 9.92 Å². The van der Waals surface area contributed by atoms with Crippen LogP contribution in [0.4, 0.5) is 0 Å². The smallest absolute Gasteiger partial charge is 0.234 e. The number of benzene rings is 2. The number of aromatic hydroxyl groups is 2. The second-order valence-corrected chi connectivity index (χ2v) is 11.1. The van der Waals surface area contributed by atoms with Crippen molar-refractivity contribution < 1.29 is 10.2 Å². The fourth-order valence-corrected chi connectivity index (χ4v) is 6.07. The van der Waals surface area contributed by atoms with Crippen molar-refractivity contribution >= 4 is 32.6 Å². The maximum atomic E-state index is 9.50. The topological polar surface area (TPSA) is 127 Å². The van der Waals surface area contributed by atoms with Crippen molar-refractivity contribution in [2.45, 2.75) is 51.4 Å². The van der Waals surface area contributed by atoms with Gasteiger partial charge < -0.3 is 10.2 Å². The standard InChI is InChI=1S/C26H26N8O2S2/c35-19-13-9-17(10-14-19)23-31-33-21(27-29-25(33)37-23)7-5-3-1-2-4-6-8-22-28-30-26-34(22)32-24(38-26)18-11-15-20(36)16-12-18/h9-16,35-36H,1-8H2. The van der Waals surface area contributed by atoms with Gasteiger partial charge in [-0.3, -0.25) is 0 Å². The molecule has 38 heavy (non-hydrogen) atoms. The Bertz CT molecular complexity index is 1530. The molecular formula is C26H26N8O2S2. The molecule has 4 heterocycles. The Morgan fingerprint density at radius 2 is 0.921 bits per heavy atom. The van der Waals surface area contributed by atoms with E-state index in [4.69, 9.17) is 0 Å². The van der Waals surface area contributed by atoms with Crippen LogP contribution in [-0.2, 0) is 12.8 Å². The van der Waals surface area contributed by atoms with Gasteiger partial charge in [-0.25, -0.2) is 0 Å². The Kier molecular flexibility index (Phi) is 6.97. The fraction of sp³-hybridized carbons (Fsp3) is 0.308. The van der Waals surface area contributed by atoms with Crippen molar-refractivity contribution in [3.63, 3.8) is 0 Å². The minimum Gasteiger partial charge on any atom is -0.508 e. The van der Waals surface area contributed by atoms with E-state index >= 15 is 0 Å². The van der Waals surface area contributed by atoms with Gasteiger partial charge in [-0.1, -0.05) is 48.4 Å². The van der Waals surface area contributed by atoms with Crippen LogP contribution in [-0.4, -0.2) is 49.8 Å². The van der Waals surface area contributed by atoms with Gasteiger partial charge in [0, 0.05) is 24.0 Å². The van der Waals surface area contributed by atoms with Gasteiger partial charge in [-0.2, -0.15) is 19.2 Å². The van der Waals surface area contributed by atoms with E-state index in [1.165, 1.54) is 35.5 Å². The Hall–Kier alpha value is -3.90. The van der Waals surface area contributed by atoms with Crippen molar-refractivity contribution in [1.82, 2.24) is 39.6 Å². The molecule has 0 bridgehead atoms. The highest BCUT2D eigenvalue weighted by Gasteiger charge is 2.14. The lowest BCUT2D eigenvalue weighted by molar-refractivity contribution is 0.475. The second-order valence-electron chi connectivity index (χ2n) is 9.15. The van der Waals surface area contributed by atoms with E-state index in [2.05, 4.69) is 30.6 Å². The number of nitrogens with zero attached hydrogens (tertiary/aromatic N) is 8. The molecule has 0 aliphatic heterocycles. The van der Waals surface area contributed by atoms with Crippen molar-refractivity contribution in [1.29, 1.82) is 0 Å². The number of phenols is 2. The number of unbranched alkanes of at least 4 members (excludes halogenated alkanes) is 5. The highest BCUT2D eigenvalue weighted by Crippen LogP contribution is 2.28. The number of phenolic OH excluding ortho intramolecular Hbond substituents is 2. The maximum absolute atomic E-state index is 9.50. The minimum atomic E-state index is 0.244. The predicted molar refractivity (Wildman–Crippen MR) is 147 cm³/mol. The van der Waals surface area contributed by atoms with Crippen LogP contribution in [0.15, 0.2) is 48.5 Å². The number of aromatic nitrogens is 8. The molecule has 0 aliphatic rings. The van der Waals surface area contributed by atoms with Crippen LogP contribution >= 0.6 is 22.7 Å². The number of hydrogen-bond acceptors (Lipinski definition) is 10. The summed E-state index contributed by atoms with van der Waals surface area (Å²) in [5.74, 6) is 2.28. The Morgan fingerprint density at radius 3 is 1.34 bits per heavy atom. The van der Waals surface area contributed by atoms with E-state index in [0.29, 0.717) is 0 Å². The average Bonchev–Trinajstić information content (AvgIpc) is 3.69. The first-order valence-electron chi connectivity index (χ1n) is 12.6. The summed E-state index contributed by atoms with van der Waals surface area (Å²) in [6, 6.07) is 14.1. The number of hydrogen-bond donors (Lipinski definition) is 2. The molecule has 0 amide bonds. The minimum absolute atomic E-state index is 0.244. The van der Waals surface area contributed by atoms with Crippen LogP contribution < -0.4 is 0 Å². The lowest BCUT2D eigenvalue weighted by atomic mass is 10.1. The van der Waals surface area contributed by atoms with Crippen LogP contribution in [0.1, 0.15) is 50.2 Å². The second kappa shape index (κ2) is 10.8. The molecule has 0 aliphatic carbocycles. The monoisotopic (exact) mass is 546 g/mol. The summed E-state index contributed by atoms with van der Waals surface area (Å²) in [6.45, 7) is 0. The first-order chi connectivity index (χ1) is 18.6. The van der Waals surface area contributed by atoms with Crippen LogP contribution in [0, 0.1) is 0 Å². The molecule has 2 N–H and O–H groups in total. The van der Waals surface area contributed by atoms with Gasteiger partial charge >= 0.3 is 0 Å². The zero-order valence-electron chi connectivity index (χ0n) is 20.6. The molecule has 0 atom stereocenters. The van der Waals surface area contributed by atoms with Gasteiger partial charge in [0.1, 0.15) is 21.5 Å². The summed E-state index contributed by atoms with van der Waals surface area (Å²) >= 11 is 3.00. The van der Waals surface area contributed by atoms with Crippen molar-refractivity contribution in [2.75, 3.05) is 0 Å². The number of fused-ring (bicyclic) bond motifs is 2. The molecular weight excluding hydrogens is 520 g/mol. The van der Waals surface area contributed by atoms with Gasteiger partial charge in [-0.05, 0) is 61.4 Å².